The summed E-state index contributed by atoms with van der Waals surface area (Å²) in [7, 11) is -4.30. The van der Waals surface area contributed by atoms with E-state index in [2.05, 4.69) is 25.0 Å². The predicted molar refractivity (Wildman–Crippen MR) is 165 cm³/mol. The molecule has 1 aliphatic carbocycles. The SMILES string of the molecule is Cc1ccc2c(NS(=O)(=O)C[C@H]3CCC3(F)F)c(F)ccc2c1Oc1ncccc1-c1ccnc(NC2CCCN(C(=O)O)C2)n1. The van der Waals surface area contributed by atoms with E-state index in [0.717, 1.165) is 12.5 Å². The first kappa shape index (κ1) is 31.3. The van der Waals surface area contributed by atoms with Crippen molar-refractivity contribution in [3.05, 3.63) is 66.2 Å². The zero-order chi connectivity index (χ0) is 32.6. The third-order valence-corrected chi connectivity index (χ3v) is 9.68. The van der Waals surface area contributed by atoms with Crippen LogP contribution in [0.2, 0.25) is 0 Å². The minimum absolute atomic E-state index is 0.0727. The largest absolute Gasteiger partial charge is 0.465 e. The number of aryl methyl sites for hydroxylation is 1. The van der Waals surface area contributed by atoms with E-state index in [1.807, 2.05) is 0 Å². The fourth-order valence-corrected chi connectivity index (χ4v) is 7.27. The van der Waals surface area contributed by atoms with Crippen molar-refractivity contribution in [1.29, 1.82) is 0 Å². The van der Waals surface area contributed by atoms with Crippen molar-refractivity contribution < 1.29 is 36.2 Å². The number of halogens is 3. The van der Waals surface area contributed by atoms with Crippen LogP contribution in [-0.2, 0) is 10.0 Å². The third kappa shape index (κ3) is 6.50. The number of pyridine rings is 1. The molecule has 2 aromatic heterocycles. The summed E-state index contributed by atoms with van der Waals surface area (Å²) in [5.41, 5.74) is 1.26. The number of alkyl halides is 2. The highest BCUT2D eigenvalue weighted by Gasteiger charge is 2.50. The van der Waals surface area contributed by atoms with E-state index in [0.29, 0.717) is 47.7 Å². The Morgan fingerprint density at radius 2 is 1.91 bits per heavy atom. The molecular weight excluding hydrogens is 625 g/mol. The number of nitrogens with one attached hydrogen (secondary N) is 2. The molecule has 0 radical (unpaired) electrons. The van der Waals surface area contributed by atoms with Crippen LogP contribution in [0.3, 0.4) is 0 Å². The number of aromatic nitrogens is 3. The molecule has 1 saturated carbocycles. The maximum absolute atomic E-state index is 15.1. The van der Waals surface area contributed by atoms with E-state index >= 15 is 4.39 Å². The normalized spacial score (nSPS) is 19.3. The van der Waals surface area contributed by atoms with E-state index in [1.165, 1.54) is 23.2 Å². The quantitative estimate of drug-likeness (QED) is 0.190. The number of anilines is 2. The number of likely N-dealkylation sites (tertiary alicyclic amines) is 1. The van der Waals surface area contributed by atoms with E-state index < -0.39 is 39.5 Å². The topological polar surface area (TPSA) is 147 Å². The number of nitrogens with zero attached hydrogens (tertiary/aromatic N) is 4. The molecule has 242 valence electrons. The number of benzene rings is 2. The maximum Gasteiger partial charge on any atom is 0.407 e. The zero-order valence-corrected chi connectivity index (χ0v) is 25.5. The molecule has 11 nitrogen and oxygen atoms in total. The molecular formula is C31H31F3N6O5S. The lowest BCUT2D eigenvalue weighted by atomic mass is 9.82. The Kier molecular flexibility index (Phi) is 8.35. The maximum atomic E-state index is 15.1. The second kappa shape index (κ2) is 12.3. The zero-order valence-electron chi connectivity index (χ0n) is 24.7. The Balaban J connectivity index is 1.29. The van der Waals surface area contributed by atoms with E-state index in [4.69, 9.17) is 4.74 Å². The summed E-state index contributed by atoms with van der Waals surface area (Å²) in [6.07, 6.45) is 3.27. The minimum atomic E-state index is -4.30. The average molecular weight is 657 g/mol. The van der Waals surface area contributed by atoms with Crippen molar-refractivity contribution in [1.82, 2.24) is 19.9 Å². The predicted octanol–water partition coefficient (Wildman–Crippen LogP) is 6.27. The minimum Gasteiger partial charge on any atom is -0.465 e. The highest BCUT2D eigenvalue weighted by Crippen LogP contribution is 2.45. The number of rotatable bonds is 9. The number of piperidine rings is 1. The van der Waals surface area contributed by atoms with Gasteiger partial charge in [0, 0.05) is 54.6 Å². The van der Waals surface area contributed by atoms with Gasteiger partial charge in [-0.1, -0.05) is 12.1 Å². The number of amides is 1. The highest BCUT2D eigenvalue weighted by molar-refractivity contribution is 7.92. The van der Waals surface area contributed by atoms with Gasteiger partial charge in [-0.05, 0) is 62.1 Å². The molecule has 3 N–H and O–H groups in total. The van der Waals surface area contributed by atoms with Gasteiger partial charge in [-0.3, -0.25) is 4.72 Å². The number of hydrogen-bond acceptors (Lipinski definition) is 8. The Morgan fingerprint density at radius 3 is 2.65 bits per heavy atom. The summed E-state index contributed by atoms with van der Waals surface area (Å²) < 4.78 is 76.9. The van der Waals surface area contributed by atoms with Crippen LogP contribution < -0.4 is 14.8 Å². The molecule has 0 bridgehead atoms. The summed E-state index contributed by atoms with van der Waals surface area (Å²) in [4.78, 5) is 26.1. The van der Waals surface area contributed by atoms with Gasteiger partial charge in [0.2, 0.25) is 21.9 Å². The molecule has 1 unspecified atom stereocenters. The number of ether oxygens (including phenoxy) is 1. The Bertz CT molecular complexity index is 1910. The second-order valence-corrected chi connectivity index (χ2v) is 13.3. The molecule has 15 heteroatoms. The number of fused-ring (bicyclic) bond motifs is 1. The fourth-order valence-electron chi connectivity index (χ4n) is 5.73. The first-order chi connectivity index (χ1) is 21.9. The van der Waals surface area contributed by atoms with Crippen LogP contribution in [0.5, 0.6) is 11.6 Å². The van der Waals surface area contributed by atoms with Crippen molar-refractivity contribution in [2.24, 2.45) is 5.92 Å². The smallest absolute Gasteiger partial charge is 0.407 e. The van der Waals surface area contributed by atoms with Gasteiger partial charge in [0.25, 0.3) is 5.92 Å². The molecule has 4 aromatic rings. The van der Waals surface area contributed by atoms with Gasteiger partial charge >= 0.3 is 6.09 Å². The molecule has 1 aliphatic heterocycles. The second-order valence-electron chi connectivity index (χ2n) is 11.5. The lowest BCUT2D eigenvalue weighted by molar-refractivity contribution is -0.122. The summed E-state index contributed by atoms with van der Waals surface area (Å²) in [5.74, 6) is -5.33. The van der Waals surface area contributed by atoms with Crippen molar-refractivity contribution >= 4 is 38.5 Å². The average Bonchev–Trinajstić information content (AvgIpc) is 3.02. The number of hydrogen-bond donors (Lipinski definition) is 3. The molecule has 2 aromatic carbocycles. The van der Waals surface area contributed by atoms with Crippen molar-refractivity contribution in [3.63, 3.8) is 0 Å². The van der Waals surface area contributed by atoms with Crippen LogP contribution in [0.4, 0.5) is 29.6 Å². The number of sulfonamides is 1. The summed E-state index contributed by atoms with van der Waals surface area (Å²) in [6, 6.07) is 10.7. The summed E-state index contributed by atoms with van der Waals surface area (Å²) in [6.45, 7) is 2.54. The molecule has 6 rings (SSSR count). The van der Waals surface area contributed by atoms with Crippen LogP contribution in [0.1, 0.15) is 31.2 Å². The van der Waals surface area contributed by atoms with Crippen molar-refractivity contribution in [2.45, 2.75) is 44.6 Å². The molecule has 2 fully saturated rings. The third-order valence-electron chi connectivity index (χ3n) is 8.33. The van der Waals surface area contributed by atoms with Crippen LogP contribution >= 0.6 is 0 Å². The number of carbonyl (C=O) groups is 1. The lowest BCUT2D eigenvalue weighted by Gasteiger charge is -2.35. The van der Waals surface area contributed by atoms with Crippen LogP contribution in [0.15, 0.2) is 54.9 Å². The molecule has 1 amide bonds. The van der Waals surface area contributed by atoms with Crippen molar-refractivity contribution in [3.8, 4) is 22.9 Å². The van der Waals surface area contributed by atoms with Gasteiger partial charge < -0.3 is 20.1 Å². The van der Waals surface area contributed by atoms with Crippen LogP contribution in [-0.4, -0.2) is 70.3 Å². The van der Waals surface area contributed by atoms with Crippen molar-refractivity contribution in [2.75, 3.05) is 28.9 Å². The molecule has 2 aliphatic rings. The first-order valence-electron chi connectivity index (χ1n) is 14.7. The van der Waals surface area contributed by atoms with Gasteiger partial charge in [0.1, 0.15) is 11.6 Å². The van der Waals surface area contributed by atoms with Gasteiger partial charge in [0.05, 0.1) is 22.7 Å². The van der Waals surface area contributed by atoms with Gasteiger partial charge in [-0.2, -0.15) is 0 Å². The Hall–Kier alpha value is -4.66. The van der Waals surface area contributed by atoms with Crippen LogP contribution in [0, 0.1) is 18.7 Å². The van der Waals surface area contributed by atoms with Gasteiger partial charge in [-0.15, -0.1) is 0 Å². The lowest BCUT2D eigenvalue weighted by Crippen LogP contribution is -2.44. The molecule has 1 saturated heterocycles. The van der Waals surface area contributed by atoms with E-state index in [9.17, 15) is 27.1 Å². The fraction of sp³-hybridized carbons (Fsp3) is 0.355. The van der Waals surface area contributed by atoms with E-state index in [1.54, 1.807) is 37.4 Å². The summed E-state index contributed by atoms with van der Waals surface area (Å²) in [5, 5.41) is 13.1. The van der Waals surface area contributed by atoms with E-state index in [-0.39, 0.29) is 41.6 Å². The monoisotopic (exact) mass is 656 g/mol. The Morgan fingerprint density at radius 1 is 1.11 bits per heavy atom. The van der Waals surface area contributed by atoms with Gasteiger partial charge in [-0.25, -0.2) is 41.3 Å². The molecule has 3 heterocycles. The number of carboxylic acid groups (broad SMARTS) is 1. The molecule has 46 heavy (non-hydrogen) atoms. The first-order valence-corrected chi connectivity index (χ1v) is 16.4. The van der Waals surface area contributed by atoms with Gasteiger partial charge in [0.15, 0.2) is 0 Å². The Labute approximate surface area is 262 Å². The molecule has 0 spiro atoms. The standard InChI is InChI=1S/C31H31F3N6O5S/c1-18-6-7-21-22(8-9-24(32)26(21)39-46(43,44)17-19-10-12-31(19,33)34)27(18)45-28-23(5-2-13-35-28)25-11-14-36-29(38-25)37-20-4-3-15-40(16-20)30(41)42/h2,5-9,11,13-14,19-20,39H,3-4,10,12,15-17H2,1H3,(H,41,42)(H,36,37,38)/t19-,20?/m1/s1. The highest BCUT2D eigenvalue weighted by atomic mass is 32.2. The molecule has 2 atom stereocenters. The summed E-state index contributed by atoms with van der Waals surface area (Å²) >= 11 is 0. The van der Waals surface area contributed by atoms with Crippen LogP contribution in [0.25, 0.3) is 22.0 Å².